The summed E-state index contributed by atoms with van der Waals surface area (Å²) in [6.07, 6.45) is 6.15. The Morgan fingerprint density at radius 2 is 2.00 bits per heavy atom. The minimum absolute atomic E-state index is 0.0252. The number of nitrogens with zero attached hydrogens (tertiary/aromatic N) is 1. The number of hydrogen-bond acceptors (Lipinski definition) is 4. The van der Waals surface area contributed by atoms with E-state index in [4.69, 9.17) is 4.74 Å². The Morgan fingerprint density at radius 1 is 1.27 bits per heavy atom. The third kappa shape index (κ3) is 2.78. The largest absolute Gasteiger partial charge is 0.467 e. The van der Waals surface area contributed by atoms with Crippen LogP contribution in [-0.2, 0) is 20.7 Å². The summed E-state index contributed by atoms with van der Waals surface area (Å²) in [7, 11) is 1.37. The first-order valence-corrected chi connectivity index (χ1v) is 9.33. The lowest BCUT2D eigenvalue weighted by Gasteiger charge is -2.32. The number of rotatable bonds is 5. The van der Waals surface area contributed by atoms with Crippen molar-refractivity contribution < 1.29 is 14.3 Å². The van der Waals surface area contributed by atoms with Crippen molar-refractivity contribution >= 4 is 22.8 Å². The highest BCUT2D eigenvalue weighted by Crippen LogP contribution is 2.39. The van der Waals surface area contributed by atoms with Crippen molar-refractivity contribution in [2.24, 2.45) is 0 Å². The molecule has 1 unspecified atom stereocenters. The number of amides is 1. The Balaban J connectivity index is 1.56. The average Bonchev–Trinajstić information content (AvgIpc) is 3.34. The zero-order chi connectivity index (χ0) is 18.1. The molecule has 1 atom stereocenters. The van der Waals surface area contributed by atoms with Crippen LogP contribution in [0.2, 0.25) is 0 Å². The first-order chi connectivity index (χ1) is 12.6. The van der Waals surface area contributed by atoms with Crippen LogP contribution in [-0.4, -0.2) is 53.5 Å². The molecule has 2 aromatic rings. The van der Waals surface area contributed by atoms with Crippen molar-refractivity contribution in [3.63, 3.8) is 0 Å². The Labute approximate surface area is 152 Å². The van der Waals surface area contributed by atoms with E-state index in [2.05, 4.69) is 15.2 Å². The predicted molar refractivity (Wildman–Crippen MR) is 98.7 cm³/mol. The Kier molecular flexibility index (Phi) is 4.44. The van der Waals surface area contributed by atoms with E-state index < -0.39 is 17.6 Å². The fourth-order valence-corrected chi connectivity index (χ4v) is 4.62. The highest BCUT2D eigenvalue weighted by molar-refractivity contribution is 5.92. The zero-order valence-corrected chi connectivity index (χ0v) is 15.1. The molecule has 26 heavy (non-hydrogen) atoms. The Morgan fingerprint density at radius 3 is 2.73 bits per heavy atom. The van der Waals surface area contributed by atoms with Gasteiger partial charge in [-0.3, -0.25) is 9.69 Å². The number of methoxy groups -OCH3 is 1. The number of carbonyl (C=O) groups is 2. The van der Waals surface area contributed by atoms with Gasteiger partial charge in [0, 0.05) is 23.5 Å². The number of ether oxygens (including phenoxy) is 1. The average molecular weight is 355 g/mol. The summed E-state index contributed by atoms with van der Waals surface area (Å²) in [4.78, 5) is 31.0. The van der Waals surface area contributed by atoms with Gasteiger partial charge in [0.2, 0.25) is 5.91 Å². The standard InChI is InChI=1S/C20H25N3O3/c1-26-18(24)17(12-14-13-21-16-7-3-2-6-15(14)16)22-19(25)20-8-4-10-23(20)11-5-9-20/h2-3,6-7,13,17,21H,4-5,8-12H2,1H3,(H,22,25). The molecule has 2 saturated heterocycles. The molecule has 4 rings (SSSR count). The van der Waals surface area contributed by atoms with Crippen LogP contribution >= 0.6 is 0 Å². The van der Waals surface area contributed by atoms with E-state index in [1.807, 2.05) is 30.5 Å². The smallest absolute Gasteiger partial charge is 0.328 e. The lowest BCUT2D eigenvalue weighted by Crippen LogP contribution is -2.56. The third-order valence-electron chi connectivity index (χ3n) is 5.95. The van der Waals surface area contributed by atoms with E-state index in [0.29, 0.717) is 6.42 Å². The molecule has 138 valence electrons. The van der Waals surface area contributed by atoms with Crippen molar-refractivity contribution in [3.05, 3.63) is 36.0 Å². The molecular formula is C20H25N3O3. The van der Waals surface area contributed by atoms with Gasteiger partial charge >= 0.3 is 5.97 Å². The van der Waals surface area contributed by atoms with Crippen molar-refractivity contribution in [2.45, 2.75) is 43.7 Å². The van der Waals surface area contributed by atoms with Gasteiger partial charge in [-0.1, -0.05) is 18.2 Å². The normalized spacial score (nSPS) is 20.0. The molecule has 2 aliphatic rings. The molecule has 2 aliphatic heterocycles. The summed E-state index contributed by atoms with van der Waals surface area (Å²) in [6.45, 7) is 1.94. The van der Waals surface area contributed by atoms with Crippen LogP contribution in [0.5, 0.6) is 0 Å². The third-order valence-corrected chi connectivity index (χ3v) is 5.95. The summed E-state index contributed by atoms with van der Waals surface area (Å²) in [5.41, 5.74) is 1.60. The number of esters is 1. The van der Waals surface area contributed by atoms with Crippen LogP contribution in [0.1, 0.15) is 31.2 Å². The highest BCUT2D eigenvalue weighted by atomic mass is 16.5. The van der Waals surface area contributed by atoms with Crippen LogP contribution in [0, 0.1) is 0 Å². The lowest BCUT2D eigenvalue weighted by atomic mass is 9.92. The maximum Gasteiger partial charge on any atom is 0.328 e. The fourth-order valence-electron chi connectivity index (χ4n) is 4.62. The summed E-state index contributed by atoms with van der Waals surface area (Å²) >= 11 is 0. The second kappa shape index (κ2) is 6.76. The molecule has 1 amide bonds. The van der Waals surface area contributed by atoms with E-state index in [-0.39, 0.29) is 5.91 Å². The number of benzene rings is 1. The van der Waals surface area contributed by atoms with Crippen molar-refractivity contribution in [2.75, 3.05) is 20.2 Å². The number of H-pyrrole nitrogens is 1. The number of carbonyl (C=O) groups excluding carboxylic acids is 2. The molecule has 0 saturated carbocycles. The summed E-state index contributed by atoms with van der Waals surface area (Å²) < 4.78 is 4.97. The molecule has 0 radical (unpaired) electrons. The Bertz CT molecular complexity index is 819. The van der Waals surface area contributed by atoms with Crippen LogP contribution in [0.3, 0.4) is 0 Å². The molecule has 6 nitrogen and oxygen atoms in total. The van der Waals surface area contributed by atoms with E-state index in [0.717, 1.165) is 55.2 Å². The van der Waals surface area contributed by atoms with Gasteiger partial charge in [-0.2, -0.15) is 0 Å². The number of hydrogen-bond donors (Lipinski definition) is 2. The van der Waals surface area contributed by atoms with Crippen molar-refractivity contribution in [1.29, 1.82) is 0 Å². The van der Waals surface area contributed by atoms with Crippen molar-refractivity contribution in [1.82, 2.24) is 15.2 Å². The monoisotopic (exact) mass is 355 g/mol. The number of nitrogens with one attached hydrogen (secondary N) is 2. The van der Waals surface area contributed by atoms with Gasteiger partial charge in [-0.05, 0) is 50.4 Å². The molecule has 0 aliphatic carbocycles. The SMILES string of the molecule is COC(=O)C(Cc1c[nH]c2ccccc12)NC(=O)C12CCCN1CCC2. The molecule has 0 spiro atoms. The van der Waals surface area contributed by atoms with Crippen LogP contribution in [0.15, 0.2) is 30.5 Å². The van der Waals surface area contributed by atoms with Gasteiger partial charge in [-0.25, -0.2) is 4.79 Å². The van der Waals surface area contributed by atoms with Gasteiger partial charge in [0.15, 0.2) is 0 Å². The summed E-state index contributed by atoms with van der Waals surface area (Å²) in [5.74, 6) is -0.426. The van der Waals surface area contributed by atoms with Crippen LogP contribution < -0.4 is 5.32 Å². The van der Waals surface area contributed by atoms with Crippen molar-refractivity contribution in [3.8, 4) is 0 Å². The zero-order valence-electron chi connectivity index (χ0n) is 15.1. The molecule has 0 bridgehead atoms. The highest BCUT2D eigenvalue weighted by Gasteiger charge is 2.50. The molecular weight excluding hydrogens is 330 g/mol. The molecule has 3 heterocycles. The van der Waals surface area contributed by atoms with Gasteiger partial charge in [-0.15, -0.1) is 0 Å². The van der Waals surface area contributed by atoms with Gasteiger partial charge < -0.3 is 15.0 Å². The number of fused-ring (bicyclic) bond motifs is 2. The topological polar surface area (TPSA) is 74.4 Å². The Hall–Kier alpha value is -2.34. The van der Waals surface area contributed by atoms with Crippen LogP contribution in [0.25, 0.3) is 10.9 Å². The predicted octanol–water partition coefficient (Wildman–Crippen LogP) is 2.00. The van der Waals surface area contributed by atoms with Crippen LogP contribution in [0.4, 0.5) is 0 Å². The quantitative estimate of drug-likeness (QED) is 0.805. The summed E-state index contributed by atoms with van der Waals surface area (Å²) in [5, 5.41) is 4.07. The number of aromatic amines is 1. The second-order valence-electron chi connectivity index (χ2n) is 7.34. The van der Waals surface area contributed by atoms with E-state index in [9.17, 15) is 9.59 Å². The van der Waals surface area contributed by atoms with E-state index in [1.165, 1.54) is 7.11 Å². The lowest BCUT2D eigenvalue weighted by molar-refractivity contribution is -0.146. The maximum absolute atomic E-state index is 13.1. The molecule has 2 fully saturated rings. The second-order valence-corrected chi connectivity index (χ2v) is 7.34. The first kappa shape index (κ1) is 17.1. The minimum Gasteiger partial charge on any atom is -0.467 e. The van der Waals surface area contributed by atoms with Gasteiger partial charge in [0.25, 0.3) is 0 Å². The van der Waals surface area contributed by atoms with Gasteiger partial charge in [0.05, 0.1) is 7.11 Å². The number of aromatic nitrogens is 1. The molecule has 1 aromatic carbocycles. The number of para-hydroxylation sites is 1. The molecule has 1 aromatic heterocycles. The molecule has 2 N–H and O–H groups in total. The van der Waals surface area contributed by atoms with Gasteiger partial charge in [0.1, 0.15) is 11.6 Å². The first-order valence-electron chi connectivity index (χ1n) is 9.33. The molecule has 6 heteroatoms. The minimum atomic E-state index is -0.677. The summed E-state index contributed by atoms with van der Waals surface area (Å²) in [6, 6.07) is 7.28. The van der Waals surface area contributed by atoms with E-state index >= 15 is 0 Å². The maximum atomic E-state index is 13.1. The van der Waals surface area contributed by atoms with E-state index in [1.54, 1.807) is 0 Å². The fraction of sp³-hybridized carbons (Fsp3) is 0.500.